The maximum Gasteiger partial charge on any atom is 0.323 e. The van der Waals surface area contributed by atoms with Crippen LogP contribution < -0.4 is 10.1 Å². The summed E-state index contributed by atoms with van der Waals surface area (Å²) in [6.45, 7) is 4.01. The second-order valence-corrected chi connectivity index (χ2v) is 8.90. The molecule has 2 heterocycles. The summed E-state index contributed by atoms with van der Waals surface area (Å²) in [6, 6.07) is 20.2. The number of esters is 1. The predicted molar refractivity (Wildman–Crippen MR) is 130 cm³/mol. The topological polar surface area (TPSA) is 63.4 Å². The molecule has 1 aromatic heterocycles. The third kappa shape index (κ3) is 4.17. The van der Waals surface area contributed by atoms with Gasteiger partial charge in [-0.25, -0.2) is 4.39 Å². The zero-order chi connectivity index (χ0) is 23.8. The van der Waals surface area contributed by atoms with Gasteiger partial charge < -0.3 is 14.5 Å². The first-order chi connectivity index (χ1) is 16.4. The highest BCUT2D eigenvalue weighted by Gasteiger charge is 2.34. The van der Waals surface area contributed by atoms with Gasteiger partial charge in [-0.2, -0.15) is 0 Å². The van der Waals surface area contributed by atoms with Crippen LogP contribution in [0.5, 0.6) is 5.75 Å². The van der Waals surface area contributed by atoms with E-state index in [1.165, 1.54) is 19.2 Å². The van der Waals surface area contributed by atoms with E-state index in [9.17, 15) is 9.18 Å². The molecule has 2 atom stereocenters. The zero-order valence-electron chi connectivity index (χ0n) is 19.4. The first-order valence-corrected chi connectivity index (χ1v) is 11.4. The van der Waals surface area contributed by atoms with Gasteiger partial charge in [0.05, 0.1) is 19.3 Å². The van der Waals surface area contributed by atoms with Gasteiger partial charge in [-0.3, -0.25) is 10.1 Å². The number of nitrogens with one attached hydrogen (secondary N) is 2. The lowest BCUT2D eigenvalue weighted by molar-refractivity contribution is -0.143. The molecule has 0 saturated carbocycles. The molecule has 2 N–H and O–H groups in total. The minimum atomic E-state index is -0.516. The molecule has 5 rings (SSSR count). The number of hydrogen-bond donors (Lipinski definition) is 2. The second-order valence-electron chi connectivity index (χ2n) is 8.90. The Hall–Kier alpha value is -3.64. The molecule has 0 fully saturated rings. The van der Waals surface area contributed by atoms with Gasteiger partial charge in [-0.05, 0) is 66.4 Å². The lowest BCUT2D eigenvalue weighted by Gasteiger charge is -2.30. The standard InChI is InChI=1S/C28H27FN2O3/c1-16(2)34-21-11-8-18(9-12-21)17-4-6-19(7-5-17)26-27-23(15-25(31-26)28(32)33-3)22-14-20(29)10-13-24(22)30-27/h4-14,16,25-26,30-31H,15H2,1-3H3. The van der Waals surface area contributed by atoms with Crippen molar-refractivity contribution in [3.8, 4) is 16.9 Å². The third-order valence-electron chi connectivity index (χ3n) is 6.26. The Morgan fingerprint density at radius 1 is 1.00 bits per heavy atom. The highest BCUT2D eigenvalue weighted by molar-refractivity contribution is 5.87. The largest absolute Gasteiger partial charge is 0.491 e. The smallest absolute Gasteiger partial charge is 0.323 e. The fourth-order valence-electron chi connectivity index (χ4n) is 4.68. The lowest BCUT2D eigenvalue weighted by Crippen LogP contribution is -2.45. The number of aromatic amines is 1. The van der Waals surface area contributed by atoms with Crippen molar-refractivity contribution in [3.05, 3.63) is 89.4 Å². The Kier molecular flexibility index (Phi) is 5.84. The summed E-state index contributed by atoms with van der Waals surface area (Å²) in [4.78, 5) is 15.9. The van der Waals surface area contributed by atoms with E-state index in [2.05, 4.69) is 34.6 Å². The van der Waals surface area contributed by atoms with E-state index in [0.29, 0.717) is 6.42 Å². The number of methoxy groups -OCH3 is 1. The van der Waals surface area contributed by atoms with Crippen LogP contribution in [0, 0.1) is 5.82 Å². The molecule has 3 aromatic carbocycles. The first-order valence-electron chi connectivity index (χ1n) is 11.4. The number of aromatic nitrogens is 1. The van der Waals surface area contributed by atoms with Crippen molar-refractivity contribution in [1.82, 2.24) is 10.3 Å². The number of rotatable bonds is 5. The van der Waals surface area contributed by atoms with Crippen LogP contribution in [0.15, 0.2) is 66.7 Å². The van der Waals surface area contributed by atoms with E-state index in [1.807, 2.05) is 38.1 Å². The molecular formula is C28H27FN2O3. The summed E-state index contributed by atoms with van der Waals surface area (Å²) in [5.41, 5.74) is 5.92. The van der Waals surface area contributed by atoms with Crippen molar-refractivity contribution in [2.24, 2.45) is 0 Å². The summed E-state index contributed by atoms with van der Waals surface area (Å²) in [5, 5.41) is 4.22. The summed E-state index contributed by atoms with van der Waals surface area (Å²) in [5.74, 6) is 0.216. The van der Waals surface area contributed by atoms with Crippen LogP contribution in [0.3, 0.4) is 0 Å². The molecule has 1 aliphatic heterocycles. The molecule has 1 aliphatic rings. The van der Waals surface area contributed by atoms with Crippen molar-refractivity contribution in [3.63, 3.8) is 0 Å². The Morgan fingerprint density at radius 3 is 2.32 bits per heavy atom. The number of fused-ring (bicyclic) bond motifs is 3. The quantitative estimate of drug-likeness (QED) is 0.386. The summed E-state index contributed by atoms with van der Waals surface area (Å²) >= 11 is 0. The van der Waals surface area contributed by atoms with Crippen molar-refractivity contribution < 1.29 is 18.7 Å². The minimum Gasteiger partial charge on any atom is -0.491 e. The van der Waals surface area contributed by atoms with Gasteiger partial charge >= 0.3 is 5.97 Å². The maximum absolute atomic E-state index is 14.0. The molecule has 2 unspecified atom stereocenters. The van der Waals surface area contributed by atoms with E-state index < -0.39 is 6.04 Å². The van der Waals surface area contributed by atoms with Crippen LogP contribution in [-0.2, 0) is 16.0 Å². The molecule has 34 heavy (non-hydrogen) atoms. The highest BCUT2D eigenvalue weighted by Crippen LogP contribution is 2.36. The molecule has 174 valence electrons. The van der Waals surface area contributed by atoms with Crippen LogP contribution in [0.1, 0.15) is 36.7 Å². The number of carbonyl (C=O) groups excluding carboxylic acids is 1. The van der Waals surface area contributed by atoms with Gasteiger partial charge in [0.25, 0.3) is 0 Å². The molecule has 4 aromatic rings. The van der Waals surface area contributed by atoms with Gasteiger partial charge in [0.1, 0.15) is 17.6 Å². The van der Waals surface area contributed by atoms with Crippen molar-refractivity contribution in [2.75, 3.05) is 7.11 Å². The van der Waals surface area contributed by atoms with Gasteiger partial charge in [0, 0.05) is 23.0 Å². The van der Waals surface area contributed by atoms with E-state index in [1.54, 1.807) is 6.07 Å². The number of hydrogen-bond acceptors (Lipinski definition) is 4. The summed E-state index contributed by atoms with van der Waals surface area (Å²) in [6.07, 6.45) is 0.568. The number of carbonyl (C=O) groups is 1. The molecule has 6 heteroatoms. The number of halogens is 1. The summed E-state index contributed by atoms with van der Waals surface area (Å²) in [7, 11) is 1.38. The monoisotopic (exact) mass is 458 g/mol. The van der Waals surface area contributed by atoms with Crippen LogP contribution in [0.2, 0.25) is 0 Å². The fourth-order valence-corrected chi connectivity index (χ4v) is 4.68. The molecule has 0 spiro atoms. The second kappa shape index (κ2) is 8.95. The molecule has 0 aliphatic carbocycles. The molecule has 5 nitrogen and oxygen atoms in total. The molecule has 0 radical (unpaired) electrons. The van der Waals surface area contributed by atoms with Gasteiger partial charge in [-0.15, -0.1) is 0 Å². The molecule has 0 bridgehead atoms. The van der Waals surface area contributed by atoms with Gasteiger partial charge in [0.2, 0.25) is 0 Å². The third-order valence-corrected chi connectivity index (χ3v) is 6.26. The van der Waals surface area contributed by atoms with E-state index in [0.717, 1.165) is 44.6 Å². The van der Waals surface area contributed by atoms with Crippen molar-refractivity contribution in [2.45, 2.75) is 38.5 Å². The lowest BCUT2D eigenvalue weighted by atomic mass is 9.89. The van der Waals surface area contributed by atoms with Crippen LogP contribution >= 0.6 is 0 Å². The predicted octanol–water partition coefficient (Wildman–Crippen LogP) is 5.54. The Labute approximate surface area is 197 Å². The van der Waals surface area contributed by atoms with E-state index in [-0.39, 0.29) is 23.9 Å². The molecular weight excluding hydrogens is 431 g/mol. The van der Waals surface area contributed by atoms with Crippen molar-refractivity contribution in [1.29, 1.82) is 0 Å². The molecule has 0 saturated heterocycles. The van der Waals surface area contributed by atoms with Gasteiger partial charge in [-0.1, -0.05) is 36.4 Å². The van der Waals surface area contributed by atoms with Crippen LogP contribution in [0.4, 0.5) is 4.39 Å². The van der Waals surface area contributed by atoms with E-state index >= 15 is 0 Å². The number of benzene rings is 3. The Morgan fingerprint density at radius 2 is 1.68 bits per heavy atom. The first kappa shape index (κ1) is 22.2. The fraction of sp³-hybridized carbons (Fsp3) is 0.250. The number of ether oxygens (including phenoxy) is 2. The average Bonchev–Trinajstić information content (AvgIpc) is 3.21. The average molecular weight is 459 g/mol. The zero-order valence-corrected chi connectivity index (χ0v) is 19.4. The van der Waals surface area contributed by atoms with Gasteiger partial charge in [0.15, 0.2) is 0 Å². The van der Waals surface area contributed by atoms with Crippen LogP contribution in [0.25, 0.3) is 22.0 Å². The maximum atomic E-state index is 14.0. The van der Waals surface area contributed by atoms with E-state index in [4.69, 9.17) is 9.47 Å². The highest BCUT2D eigenvalue weighted by atomic mass is 19.1. The SMILES string of the molecule is COC(=O)C1Cc2c([nH]c3ccc(F)cc23)C(c2ccc(-c3ccc(OC(C)C)cc3)cc2)N1. The minimum absolute atomic E-state index is 0.132. The van der Waals surface area contributed by atoms with Crippen LogP contribution in [-0.4, -0.2) is 30.2 Å². The normalized spacial score (nSPS) is 17.6. The Bertz CT molecular complexity index is 1330. The van der Waals surface area contributed by atoms with Crippen molar-refractivity contribution >= 4 is 16.9 Å². The molecule has 0 amide bonds. The summed E-state index contributed by atoms with van der Waals surface area (Å²) < 4.78 is 24.7. The number of H-pyrrole nitrogens is 1. The Balaban J connectivity index is 1.49.